The minimum atomic E-state index is -0.998. The van der Waals surface area contributed by atoms with Crippen molar-refractivity contribution in [3.05, 3.63) is 45.2 Å². The zero-order chi connectivity index (χ0) is 19.0. The van der Waals surface area contributed by atoms with Gasteiger partial charge in [-0.25, -0.2) is 4.68 Å². The van der Waals surface area contributed by atoms with E-state index < -0.39 is 5.97 Å². The first-order valence-corrected chi connectivity index (χ1v) is 9.05. The maximum atomic E-state index is 12.7. The smallest absolute Gasteiger partial charge is 0.323 e. The molecule has 6 nitrogen and oxygen atoms in total. The van der Waals surface area contributed by atoms with Gasteiger partial charge in [0.05, 0.1) is 22.8 Å². The van der Waals surface area contributed by atoms with Crippen molar-refractivity contribution in [2.24, 2.45) is 0 Å². The van der Waals surface area contributed by atoms with Gasteiger partial charge in [0.2, 0.25) is 5.91 Å². The zero-order valence-corrected chi connectivity index (χ0v) is 16.0. The Morgan fingerprint density at radius 2 is 2.00 bits per heavy atom. The Balaban J connectivity index is 1.88. The van der Waals surface area contributed by atoms with Crippen molar-refractivity contribution in [1.82, 2.24) is 14.7 Å². The Morgan fingerprint density at radius 3 is 2.58 bits per heavy atom. The summed E-state index contributed by atoms with van der Waals surface area (Å²) >= 11 is 12.2. The number of carboxylic acids is 1. The number of halogens is 2. The fourth-order valence-electron chi connectivity index (χ4n) is 3.02. The van der Waals surface area contributed by atoms with Crippen LogP contribution in [0.1, 0.15) is 29.8 Å². The van der Waals surface area contributed by atoms with E-state index in [4.69, 9.17) is 28.3 Å². The van der Waals surface area contributed by atoms with Gasteiger partial charge in [-0.1, -0.05) is 23.2 Å². The van der Waals surface area contributed by atoms with Crippen LogP contribution in [0, 0.1) is 13.8 Å². The average Bonchev–Trinajstić information content (AvgIpc) is 3.35. The number of nitrogens with zero attached hydrogens (tertiary/aromatic N) is 3. The number of carbonyl (C=O) groups excluding carboxylic acids is 1. The first-order valence-electron chi connectivity index (χ1n) is 8.29. The molecule has 8 heteroatoms. The molecule has 1 aliphatic rings. The summed E-state index contributed by atoms with van der Waals surface area (Å²) in [5.74, 6) is -1.19. The predicted molar refractivity (Wildman–Crippen MR) is 99.1 cm³/mol. The number of carbonyl (C=O) groups is 2. The van der Waals surface area contributed by atoms with Crippen molar-refractivity contribution in [3.63, 3.8) is 0 Å². The highest BCUT2D eigenvalue weighted by molar-refractivity contribution is 6.35. The van der Waals surface area contributed by atoms with Gasteiger partial charge in [-0.2, -0.15) is 5.10 Å². The molecular formula is C18H19Cl2N3O3. The lowest BCUT2D eigenvalue weighted by atomic mass is 10.1. The largest absolute Gasteiger partial charge is 0.480 e. The molecule has 1 aromatic heterocycles. The zero-order valence-electron chi connectivity index (χ0n) is 14.5. The van der Waals surface area contributed by atoms with Crippen LogP contribution < -0.4 is 0 Å². The lowest BCUT2D eigenvalue weighted by Crippen LogP contribution is -2.38. The molecule has 0 spiro atoms. The van der Waals surface area contributed by atoms with E-state index in [9.17, 15) is 9.59 Å². The van der Waals surface area contributed by atoms with Crippen LogP contribution in [0.25, 0.3) is 5.69 Å². The van der Waals surface area contributed by atoms with E-state index in [2.05, 4.69) is 5.10 Å². The molecule has 138 valence electrons. The highest BCUT2D eigenvalue weighted by atomic mass is 35.5. The van der Waals surface area contributed by atoms with Crippen molar-refractivity contribution in [2.75, 3.05) is 6.54 Å². The molecule has 1 heterocycles. The molecule has 3 rings (SSSR count). The normalized spacial score (nSPS) is 13.7. The van der Waals surface area contributed by atoms with Gasteiger partial charge in [-0.15, -0.1) is 0 Å². The summed E-state index contributed by atoms with van der Waals surface area (Å²) in [6.07, 6.45) is 1.83. The summed E-state index contributed by atoms with van der Waals surface area (Å²) in [7, 11) is 0. The number of amides is 1. The van der Waals surface area contributed by atoms with Gasteiger partial charge < -0.3 is 10.0 Å². The lowest BCUT2D eigenvalue weighted by Gasteiger charge is -2.20. The molecule has 0 radical (unpaired) electrons. The van der Waals surface area contributed by atoms with E-state index >= 15 is 0 Å². The van der Waals surface area contributed by atoms with Gasteiger partial charge in [-0.3, -0.25) is 9.59 Å². The molecule has 1 amide bonds. The molecule has 0 bridgehead atoms. The van der Waals surface area contributed by atoms with Crippen molar-refractivity contribution in [2.45, 2.75) is 39.2 Å². The van der Waals surface area contributed by atoms with Crippen LogP contribution >= 0.6 is 23.2 Å². The predicted octanol–water partition coefficient (Wildman–Crippen LogP) is 3.41. The number of carboxylic acid groups (broad SMARTS) is 1. The minimum Gasteiger partial charge on any atom is -0.480 e. The van der Waals surface area contributed by atoms with Crippen LogP contribution in [0.4, 0.5) is 0 Å². The Hall–Kier alpha value is -2.05. The highest BCUT2D eigenvalue weighted by Gasteiger charge is 2.34. The van der Waals surface area contributed by atoms with Gasteiger partial charge in [0.1, 0.15) is 6.54 Å². The lowest BCUT2D eigenvalue weighted by molar-refractivity contribution is -0.144. The van der Waals surface area contributed by atoms with E-state index in [-0.39, 0.29) is 24.9 Å². The molecule has 1 aliphatic carbocycles. The van der Waals surface area contributed by atoms with Crippen molar-refractivity contribution >= 4 is 35.1 Å². The van der Waals surface area contributed by atoms with Crippen LogP contribution in [0.2, 0.25) is 10.0 Å². The fourth-order valence-corrected chi connectivity index (χ4v) is 3.51. The number of aromatic nitrogens is 2. The Kier molecular flexibility index (Phi) is 5.25. The third-order valence-electron chi connectivity index (χ3n) is 4.52. The second kappa shape index (κ2) is 7.29. The Labute approximate surface area is 161 Å². The van der Waals surface area contributed by atoms with E-state index in [1.165, 1.54) is 4.90 Å². The van der Waals surface area contributed by atoms with E-state index in [0.717, 1.165) is 24.1 Å². The van der Waals surface area contributed by atoms with Crippen LogP contribution in [-0.4, -0.2) is 44.3 Å². The summed E-state index contributed by atoms with van der Waals surface area (Å²) < 4.78 is 1.69. The molecule has 1 fully saturated rings. The molecular weight excluding hydrogens is 377 g/mol. The van der Waals surface area contributed by atoms with E-state index in [1.54, 1.807) is 22.9 Å². The molecule has 26 heavy (non-hydrogen) atoms. The van der Waals surface area contributed by atoms with Crippen LogP contribution in [0.3, 0.4) is 0 Å². The standard InChI is InChI=1S/C18H19Cl2N3O3/c1-10-14(8-17(24)22(9-18(25)26)13-4-5-13)11(2)23(21-10)16-6-3-12(19)7-15(16)20/h3,6-7,13H,4-5,8-9H2,1-2H3,(H,25,26). The maximum Gasteiger partial charge on any atom is 0.323 e. The highest BCUT2D eigenvalue weighted by Crippen LogP contribution is 2.29. The van der Waals surface area contributed by atoms with Gasteiger partial charge >= 0.3 is 5.97 Å². The third-order valence-corrected chi connectivity index (χ3v) is 5.06. The molecule has 1 saturated carbocycles. The molecule has 0 unspecified atom stereocenters. The van der Waals surface area contributed by atoms with E-state index in [0.29, 0.717) is 21.4 Å². The van der Waals surface area contributed by atoms with Gasteiger partial charge in [0.15, 0.2) is 0 Å². The molecule has 0 saturated heterocycles. The summed E-state index contributed by atoms with van der Waals surface area (Å²) in [6, 6.07) is 5.18. The van der Waals surface area contributed by atoms with Crippen molar-refractivity contribution in [3.8, 4) is 5.69 Å². The van der Waals surface area contributed by atoms with Crippen molar-refractivity contribution < 1.29 is 14.7 Å². The van der Waals surface area contributed by atoms with Crippen LogP contribution in [-0.2, 0) is 16.0 Å². The fraction of sp³-hybridized carbons (Fsp3) is 0.389. The van der Waals surface area contributed by atoms with Crippen LogP contribution in [0.5, 0.6) is 0 Å². The monoisotopic (exact) mass is 395 g/mol. The van der Waals surface area contributed by atoms with Gasteiger partial charge in [0.25, 0.3) is 0 Å². The van der Waals surface area contributed by atoms with Gasteiger partial charge in [0, 0.05) is 22.3 Å². The molecule has 1 N–H and O–H groups in total. The number of hydrogen-bond acceptors (Lipinski definition) is 3. The number of aryl methyl sites for hydroxylation is 1. The summed E-state index contributed by atoms with van der Waals surface area (Å²) in [5.41, 5.74) is 2.98. The summed E-state index contributed by atoms with van der Waals surface area (Å²) in [5, 5.41) is 14.6. The van der Waals surface area contributed by atoms with E-state index in [1.807, 2.05) is 13.8 Å². The summed E-state index contributed by atoms with van der Waals surface area (Å²) in [6.45, 7) is 3.43. The second-order valence-electron chi connectivity index (χ2n) is 6.48. The minimum absolute atomic E-state index is 0.0416. The second-order valence-corrected chi connectivity index (χ2v) is 7.32. The first kappa shape index (κ1) is 18.7. The topological polar surface area (TPSA) is 75.4 Å². The summed E-state index contributed by atoms with van der Waals surface area (Å²) in [4.78, 5) is 25.2. The number of rotatable bonds is 6. The van der Waals surface area contributed by atoms with Gasteiger partial charge in [-0.05, 0) is 44.9 Å². The number of aliphatic carboxylic acids is 1. The maximum absolute atomic E-state index is 12.7. The molecule has 0 aliphatic heterocycles. The van der Waals surface area contributed by atoms with Crippen LogP contribution in [0.15, 0.2) is 18.2 Å². The average molecular weight is 396 g/mol. The Bertz CT molecular complexity index is 875. The third kappa shape index (κ3) is 3.86. The quantitative estimate of drug-likeness (QED) is 0.812. The SMILES string of the molecule is Cc1nn(-c2ccc(Cl)cc2Cl)c(C)c1CC(=O)N(CC(=O)O)C1CC1. The molecule has 1 aromatic carbocycles. The number of benzene rings is 1. The molecule has 0 atom stereocenters. The molecule has 2 aromatic rings. The van der Waals surface area contributed by atoms with Crippen molar-refractivity contribution in [1.29, 1.82) is 0 Å². The number of hydrogen-bond donors (Lipinski definition) is 1. The Morgan fingerprint density at radius 1 is 1.31 bits per heavy atom. The first-order chi connectivity index (χ1) is 12.3.